The van der Waals surface area contributed by atoms with Crippen LogP contribution in [0.25, 0.3) is 0 Å². The zero-order chi connectivity index (χ0) is 13.2. The number of rotatable bonds is 4. The number of nitrogens with one attached hydrogen (secondary N) is 1. The molecule has 1 heterocycles. The third-order valence-electron chi connectivity index (χ3n) is 2.97. The van der Waals surface area contributed by atoms with E-state index in [4.69, 9.17) is 5.73 Å². The molecule has 18 heavy (non-hydrogen) atoms. The van der Waals surface area contributed by atoms with Crippen molar-refractivity contribution in [2.75, 3.05) is 17.4 Å². The highest BCUT2D eigenvalue weighted by molar-refractivity contribution is 7.90. The van der Waals surface area contributed by atoms with Crippen LogP contribution in [0.5, 0.6) is 0 Å². The van der Waals surface area contributed by atoms with Gasteiger partial charge in [0, 0.05) is 12.6 Å². The lowest BCUT2D eigenvalue weighted by Crippen LogP contribution is -2.50. The van der Waals surface area contributed by atoms with Crippen LogP contribution in [-0.4, -0.2) is 27.5 Å². The van der Waals surface area contributed by atoms with E-state index in [1.165, 1.54) is 4.31 Å². The number of hydrogen-bond donors (Lipinski definition) is 2. The molecule has 100 valence electrons. The minimum Gasteiger partial charge on any atom is -0.326 e. The molecule has 2 rings (SSSR count). The summed E-state index contributed by atoms with van der Waals surface area (Å²) in [5, 5.41) is 0. The van der Waals surface area contributed by atoms with E-state index in [9.17, 15) is 8.42 Å². The molecule has 0 aliphatic carbocycles. The Labute approximate surface area is 108 Å². The molecule has 1 atom stereocenters. The topological polar surface area (TPSA) is 75.4 Å². The third kappa shape index (κ3) is 2.66. The van der Waals surface area contributed by atoms with Crippen molar-refractivity contribution in [2.45, 2.75) is 25.8 Å². The molecule has 0 saturated carbocycles. The van der Waals surface area contributed by atoms with Crippen molar-refractivity contribution in [1.82, 2.24) is 4.72 Å². The first-order chi connectivity index (χ1) is 8.54. The van der Waals surface area contributed by atoms with Crippen LogP contribution in [0, 0.1) is 0 Å². The zero-order valence-electron chi connectivity index (χ0n) is 10.5. The molecule has 0 aromatic heterocycles. The van der Waals surface area contributed by atoms with E-state index in [1.54, 1.807) is 0 Å². The molecule has 0 fully saturated rings. The smallest absolute Gasteiger partial charge is 0.301 e. The van der Waals surface area contributed by atoms with Crippen LogP contribution in [0.3, 0.4) is 0 Å². The fraction of sp³-hybridized carbons (Fsp3) is 0.500. The van der Waals surface area contributed by atoms with Gasteiger partial charge in [0.15, 0.2) is 0 Å². The van der Waals surface area contributed by atoms with Gasteiger partial charge in [-0.25, -0.2) is 0 Å². The Hall–Kier alpha value is -1.11. The molecule has 1 unspecified atom stereocenters. The summed E-state index contributed by atoms with van der Waals surface area (Å²) in [6, 6.07) is 7.35. The van der Waals surface area contributed by atoms with E-state index >= 15 is 0 Å². The second kappa shape index (κ2) is 5.26. The number of nitrogens with zero attached hydrogens (tertiary/aromatic N) is 1. The first kappa shape index (κ1) is 13.3. The molecule has 1 aliphatic rings. The summed E-state index contributed by atoms with van der Waals surface area (Å²) < 4.78 is 28.4. The summed E-state index contributed by atoms with van der Waals surface area (Å²) in [4.78, 5) is 0. The van der Waals surface area contributed by atoms with Crippen molar-refractivity contribution >= 4 is 15.9 Å². The van der Waals surface area contributed by atoms with E-state index in [-0.39, 0.29) is 6.04 Å². The third-order valence-corrected chi connectivity index (χ3v) is 4.46. The maximum atomic E-state index is 12.2. The minimum absolute atomic E-state index is 0.155. The van der Waals surface area contributed by atoms with Crippen molar-refractivity contribution in [3.8, 4) is 0 Å². The van der Waals surface area contributed by atoms with Crippen LogP contribution >= 0.6 is 0 Å². The van der Waals surface area contributed by atoms with Crippen LogP contribution in [0.15, 0.2) is 24.3 Å². The van der Waals surface area contributed by atoms with Gasteiger partial charge in [-0.2, -0.15) is 13.1 Å². The normalized spacial score (nSPS) is 19.7. The standard InChI is InChI=1S/C12H19N3O2S/c1-2-7-14-18(16,17)15-9-11(13)8-10-5-3-4-6-12(10)15/h3-6,11,14H,2,7-9,13H2,1H3. The minimum atomic E-state index is -3.49. The van der Waals surface area contributed by atoms with E-state index in [0.717, 1.165) is 24.1 Å². The molecular formula is C12H19N3O2S. The Morgan fingerprint density at radius 3 is 2.89 bits per heavy atom. The van der Waals surface area contributed by atoms with E-state index in [2.05, 4.69) is 4.72 Å². The van der Waals surface area contributed by atoms with Crippen molar-refractivity contribution in [1.29, 1.82) is 0 Å². The summed E-state index contributed by atoms with van der Waals surface area (Å²) in [5.41, 5.74) is 7.65. The summed E-state index contributed by atoms with van der Waals surface area (Å²) in [7, 11) is -3.49. The van der Waals surface area contributed by atoms with Gasteiger partial charge < -0.3 is 5.73 Å². The van der Waals surface area contributed by atoms with Gasteiger partial charge in [-0.1, -0.05) is 25.1 Å². The van der Waals surface area contributed by atoms with Gasteiger partial charge in [-0.05, 0) is 24.5 Å². The van der Waals surface area contributed by atoms with Crippen LogP contribution in [0.4, 0.5) is 5.69 Å². The highest BCUT2D eigenvalue weighted by atomic mass is 32.2. The summed E-state index contributed by atoms with van der Waals surface area (Å²) in [6.07, 6.45) is 1.48. The average molecular weight is 269 g/mol. The molecule has 5 nitrogen and oxygen atoms in total. The predicted molar refractivity (Wildman–Crippen MR) is 72.7 cm³/mol. The van der Waals surface area contributed by atoms with Crippen molar-refractivity contribution in [3.63, 3.8) is 0 Å². The Bertz CT molecular complexity index is 516. The monoisotopic (exact) mass is 269 g/mol. The molecular weight excluding hydrogens is 250 g/mol. The molecule has 0 radical (unpaired) electrons. The fourth-order valence-electron chi connectivity index (χ4n) is 2.12. The Morgan fingerprint density at radius 1 is 1.44 bits per heavy atom. The van der Waals surface area contributed by atoms with Gasteiger partial charge in [0.05, 0.1) is 12.2 Å². The number of fused-ring (bicyclic) bond motifs is 1. The lowest BCUT2D eigenvalue weighted by Gasteiger charge is -2.33. The molecule has 0 saturated heterocycles. The van der Waals surface area contributed by atoms with Gasteiger partial charge >= 0.3 is 10.2 Å². The van der Waals surface area contributed by atoms with E-state index < -0.39 is 10.2 Å². The maximum Gasteiger partial charge on any atom is 0.301 e. The van der Waals surface area contributed by atoms with Crippen molar-refractivity contribution in [2.24, 2.45) is 5.73 Å². The molecule has 0 spiro atoms. The lowest BCUT2D eigenvalue weighted by molar-refractivity contribution is 0.561. The first-order valence-electron chi connectivity index (χ1n) is 6.15. The Balaban J connectivity index is 2.34. The number of para-hydroxylation sites is 1. The quantitative estimate of drug-likeness (QED) is 0.841. The molecule has 0 amide bonds. The molecule has 0 bridgehead atoms. The first-order valence-corrected chi connectivity index (χ1v) is 7.59. The summed E-state index contributed by atoms with van der Waals surface area (Å²) >= 11 is 0. The molecule has 1 aromatic rings. The molecule has 3 N–H and O–H groups in total. The van der Waals surface area contributed by atoms with Crippen molar-refractivity contribution in [3.05, 3.63) is 29.8 Å². The molecule has 1 aliphatic heterocycles. The Morgan fingerprint density at radius 2 is 2.17 bits per heavy atom. The summed E-state index contributed by atoms with van der Waals surface area (Å²) in [5.74, 6) is 0. The summed E-state index contributed by atoms with van der Waals surface area (Å²) in [6.45, 7) is 2.70. The number of nitrogens with two attached hydrogens (primary N) is 1. The second-order valence-corrected chi connectivity index (χ2v) is 6.20. The second-order valence-electron chi connectivity index (χ2n) is 4.52. The fourth-order valence-corrected chi connectivity index (χ4v) is 3.56. The number of anilines is 1. The van der Waals surface area contributed by atoms with Crippen LogP contribution < -0.4 is 14.8 Å². The molecule has 1 aromatic carbocycles. The SMILES string of the molecule is CCCNS(=O)(=O)N1CC(N)Cc2ccccc21. The number of benzene rings is 1. The highest BCUT2D eigenvalue weighted by Crippen LogP contribution is 2.28. The lowest BCUT2D eigenvalue weighted by atomic mass is 10.0. The van der Waals surface area contributed by atoms with E-state index in [0.29, 0.717) is 13.1 Å². The maximum absolute atomic E-state index is 12.2. The van der Waals surface area contributed by atoms with Gasteiger partial charge in [0.25, 0.3) is 0 Å². The van der Waals surface area contributed by atoms with E-state index in [1.807, 2.05) is 31.2 Å². The van der Waals surface area contributed by atoms with Gasteiger partial charge in [-0.15, -0.1) is 0 Å². The average Bonchev–Trinajstić information content (AvgIpc) is 2.35. The number of hydrogen-bond acceptors (Lipinski definition) is 3. The van der Waals surface area contributed by atoms with Crippen LogP contribution in [0.1, 0.15) is 18.9 Å². The van der Waals surface area contributed by atoms with Gasteiger partial charge in [-0.3, -0.25) is 4.31 Å². The van der Waals surface area contributed by atoms with Gasteiger partial charge in [0.2, 0.25) is 0 Å². The zero-order valence-corrected chi connectivity index (χ0v) is 11.3. The largest absolute Gasteiger partial charge is 0.326 e. The van der Waals surface area contributed by atoms with Crippen LogP contribution in [0.2, 0.25) is 0 Å². The van der Waals surface area contributed by atoms with Crippen LogP contribution in [-0.2, 0) is 16.6 Å². The predicted octanol–water partition coefficient (Wildman–Crippen LogP) is 0.621. The Kier molecular flexibility index (Phi) is 3.89. The highest BCUT2D eigenvalue weighted by Gasteiger charge is 2.29. The molecule has 6 heteroatoms. The van der Waals surface area contributed by atoms with Crippen molar-refractivity contribution < 1.29 is 8.42 Å². The van der Waals surface area contributed by atoms with Gasteiger partial charge in [0.1, 0.15) is 0 Å².